The van der Waals surface area contributed by atoms with Crippen molar-refractivity contribution in [1.29, 1.82) is 0 Å². The molecule has 0 radical (unpaired) electrons. The van der Waals surface area contributed by atoms with Crippen LogP contribution in [0, 0.1) is 12.7 Å². The molecule has 4 heterocycles. The smallest absolute Gasteiger partial charge is 0.324 e. The van der Waals surface area contributed by atoms with Gasteiger partial charge in [0.2, 0.25) is 0 Å². The summed E-state index contributed by atoms with van der Waals surface area (Å²) in [5, 5.41) is 2.58. The van der Waals surface area contributed by atoms with Crippen molar-refractivity contribution in [2.45, 2.75) is 38.9 Å². The summed E-state index contributed by atoms with van der Waals surface area (Å²) in [6.45, 7) is 3.63. The largest absolute Gasteiger partial charge is 0.434 e. The number of hydrogen-bond donors (Lipinski definition) is 1. The van der Waals surface area contributed by atoms with Gasteiger partial charge in [-0.2, -0.15) is 13.2 Å². The third-order valence-electron chi connectivity index (χ3n) is 6.03. The summed E-state index contributed by atoms with van der Waals surface area (Å²) >= 11 is 0. The van der Waals surface area contributed by atoms with Gasteiger partial charge < -0.3 is 14.5 Å². The first-order valence-corrected chi connectivity index (χ1v) is 10.9. The Morgan fingerprint density at radius 3 is 2.74 bits per heavy atom. The molecule has 1 aromatic carbocycles. The minimum Gasteiger partial charge on any atom is -0.324 e. The lowest BCUT2D eigenvalue weighted by Gasteiger charge is -2.13. The van der Waals surface area contributed by atoms with Crippen LogP contribution in [-0.4, -0.2) is 30.0 Å². The Balaban J connectivity index is 1.43. The second-order valence-electron chi connectivity index (χ2n) is 8.48. The number of aromatic nitrogens is 5. The average molecular weight is 484 g/mol. The zero-order valence-corrected chi connectivity index (χ0v) is 18.8. The first-order valence-electron chi connectivity index (χ1n) is 10.9. The number of amides is 1. The second kappa shape index (κ2) is 8.33. The maximum absolute atomic E-state index is 14.7. The van der Waals surface area contributed by atoms with Crippen LogP contribution in [0.5, 0.6) is 0 Å². The molecule has 0 saturated heterocycles. The third kappa shape index (κ3) is 4.17. The summed E-state index contributed by atoms with van der Waals surface area (Å²) in [5.41, 5.74) is 0.788. The molecule has 1 aliphatic heterocycles. The quantitative estimate of drug-likeness (QED) is 0.396. The molecule has 0 fully saturated rings. The summed E-state index contributed by atoms with van der Waals surface area (Å²) in [4.78, 5) is 25.2. The maximum atomic E-state index is 14.7. The predicted octanol–water partition coefficient (Wildman–Crippen LogP) is 5.36. The van der Waals surface area contributed by atoms with Crippen molar-refractivity contribution in [3.8, 4) is 17.2 Å². The number of nitrogens with zero attached hydrogens (tertiary/aromatic N) is 5. The topological polar surface area (TPSA) is 77.6 Å². The summed E-state index contributed by atoms with van der Waals surface area (Å²) in [7, 11) is 0. The molecule has 4 aromatic rings. The van der Waals surface area contributed by atoms with E-state index in [0.717, 1.165) is 41.7 Å². The van der Waals surface area contributed by atoms with Crippen molar-refractivity contribution in [2.75, 3.05) is 5.32 Å². The first kappa shape index (κ1) is 22.8. The predicted molar refractivity (Wildman–Crippen MR) is 120 cm³/mol. The molecule has 180 valence electrons. The number of hydrogen-bond acceptors (Lipinski definition) is 4. The van der Waals surface area contributed by atoms with Gasteiger partial charge >= 0.3 is 6.18 Å². The number of aryl methyl sites for hydroxylation is 2. The lowest BCUT2D eigenvalue weighted by atomic mass is 10.1. The zero-order valence-electron chi connectivity index (χ0n) is 18.8. The molecule has 7 nitrogen and oxygen atoms in total. The van der Waals surface area contributed by atoms with Gasteiger partial charge in [-0.05, 0) is 56.5 Å². The molecule has 1 atom stereocenters. The highest BCUT2D eigenvalue weighted by atomic mass is 19.4. The van der Waals surface area contributed by atoms with E-state index in [4.69, 9.17) is 0 Å². The van der Waals surface area contributed by atoms with E-state index in [1.165, 1.54) is 13.0 Å². The van der Waals surface area contributed by atoms with Crippen molar-refractivity contribution < 1.29 is 22.4 Å². The molecule has 11 heteroatoms. The van der Waals surface area contributed by atoms with E-state index in [1.54, 1.807) is 18.2 Å². The number of pyridine rings is 1. The number of alkyl halides is 3. The maximum Gasteiger partial charge on any atom is 0.434 e. The Bertz CT molecular complexity index is 1440. The Kier molecular flexibility index (Phi) is 5.42. The van der Waals surface area contributed by atoms with Crippen LogP contribution in [0.15, 0.2) is 49.1 Å². The number of nitrogens with one attached hydrogen (secondary N) is 1. The molecule has 0 saturated carbocycles. The lowest BCUT2D eigenvalue weighted by molar-refractivity contribution is -0.140. The van der Waals surface area contributed by atoms with Crippen molar-refractivity contribution in [2.24, 2.45) is 0 Å². The van der Waals surface area contributed by atoms with Crippen molar-refractivity contribution in [3.05, 3.63) is 77.4 Å². The fourth-order valence-corrected chi connectivity index (χ4v) is 4.28. The number of benzene rings is 1. The minimum atomic E-state index is -4.62. The number of anilines is 1. The zero-order chi connectivity index (χ0) is 24.9. The van der Waals surface area contributed by atoms with Gasteiger partial charge in [-0.3, -0.25) is 4.79 Å². The summed E-state index contributed by atoms with van der Waals surface area (Å²) in [6, 6.07) is 7.62. The van der Waals surface area contributed by atoms with Gasteiger partial charge in [-0.1, -0.05) is 6.07 Å². The SMILES string of the molecule is Cc1cc(F)c(C(=O)Nc2cccc(-c3ncc4n3[C@H](C)CC4)n2)cc1-n1cnc(C(F)(F)F)c1. The second-order valence-corrected chi connectivity index (χ2v) is 8.48. The Morgan fingerprint density at radius 2 is 2.00 bits per heavy atom. The highest BCUT2D eigenvalue weighted by molar-refractivity contribution is 6.04. The number of rotatable bonds is 4. The van der Waals surface area contributed by atoms with Crippen LogP contribution in [0.4, 0.5) is 23.4 Å². The van der Waals surface area contributed by atoms with Gasteiger partial charge in [-0.15, -0.1) is 0 Å². The molecular weight excluding hydrogens is 464 g/mol. The highest BCUT2D eigenvalue weighted by Gasteiger charge is 2.33. The molecule has 5 rings (SSSR count). The standard InChI is InChI=1S/C24H20F4N6O/c1-13-8-17(25)16(9-19(13)33-11-20(30-12-33)24(26,27)28)23(35)32-21-5-3-4-18(31-21)22-29-10-15-7-6-14(2)34(15)22/h3-5,8-12,14H,6-7H2,1-2H3,(H,31,32,35)/t14-/m1/s1. The van der Waals surface area contributed by atoms with Gasteiger partial charge in [-0.25, -0.2) is 19.3 Å². The van der Waals surface area contributed by atoms with E-state index in [9.17, 15) is 22.4 Å². The van der Waals surface area contributed by atoms with E-state index >= 15 is 0 Å². The van der Waals surface area contributed by atoms with E-state index in [-0.39, 0.29) is 23.1 Å². The first-order chi connectivity index (χ1) is 16.6. The van der Waals surface area contributed by atoms with E-state index in [2.05, 4.69) is 31.8 Å². The van der Waals surface area contributed by atoms with E-state index < -0.39 is 23.6 Å². The Morgan fingerprint density at radius 1 is 1.20 bits per heavy atom. The Labute approximate surface area is 197 Å². The van der Waals surface area contributed by atoms with Crippen LogP contribution in [0.1, 0.15) is 46.7 Å². The molecule has 0 bridgehead atoms. The average Bonchev–Trinajstić information content (AvgIpc) is 3.52. The van der Waals surface area contributed by atoms with Crippen LogP contribution < -0.4 is 5.32 Å². The number of halogens is 4. The van der Waals surface area contributed by atoms with Crippen LogP contribution in [0.3, 0.4) is 0 Å². The molecule has 0 spiro atoms. The molecule has 1 amide bonds. The molecule has 0 unspecified atom stereocenters. The van der Waals surface area contributed by atoms with Crippen LogP contribution in [0.25, 0.3) is 17.2 Å². The van der Waals surface area contributed by atoms with E-state index in [1.807, 2.05) is 6.20 Å². The third-order valence-corrected chi connectivity index (χ3v) is 6.03. The normalized spacial score (nSPS) is 15.3. The molecule has 3 aromatic heterocycles. The van der Waals surface area contributed by atoms with Crippen LogP contribution in [0.2, 0.25) is 0 Å². The van der Waals surface area contributed by atoms with Crippen LogP contribution >= 0.6 is 0 Å². The van der Waals surface area contributed by atoms with Gasteiger partial charge in [0.05, 0.1) is 17.6 Å². The minimum absolute atomic E-state index is 0.194. The number of carbonyl (C=O) groups is 1. The highest BCUT2D eigenvalue weighted by Crippen LogP contribution is 2.32. The van der Waals surface area contributed by atoms with Crippen molar-refractivity contribution in [1.82, 2.24) is 24.1 Å². The molecule has 1 N–H and O–H groups in total. The number of carbonyl (C=O) groups excluding carboxylic acids is 1. The van der Waals surface area contributed by atoms with Crippen molar-refractivity contribution in [3.63, 3.8) is 0 Å². The van der Waals surface area contributed by atoms with Gasteiger partial charge in [0.25, 0.3) is 5.91 Å². The lowest BCUT2D eigenvalue weighted by Crippen LogP contribution is -2.16. The molecular formula is C24H20F4N6O. The van der Waals surface area contributed by atoms with Gasteiger partial charge in [0, 0.05) is 24.1 Å². The van der Waals surface area contributed by atoms with Gasteiger partial charge in [0.1, 0.15) is 17.3 Å². The monoisotopic (exact) mass is 484 g/mol. The number of fused-ring (bicyclic) bond motifs is 1. The van der Waals surface area contributed by atoms with Crippen LogP contribution in [-0.2, 0) is 12.6 Å². The molecule has 0 aliphatic carbocycles. The fraction of sp³-hybridized carbons (Fsp3) is 0.250. The number of imidazole rings is 2. The Hall–Kier alpha value is -4.02. The van der Waals surface area contributed by atoms with E-state index in [0.29, 0.717) is 17.1 Å². The molecule has 35 heavy (non-hydrogen) atoms. The summed E-state index contributed by atoms with van der Waals surface area (Å²) in [6.07, 6.45) is 0.896. The van der Waals surface area contributed by atoms with Gasteiger partial charge in [0.15, 0.2) is 11.5 Å². The fourth-order valence-electron chi connectivity index (χ4n) is 4.28. The summed E-state index contributed by atoms with van der Waals surface area (Å²) < 4.78 is 56.7. The summed E-state index contributed by atoms with van der Waals surface area (Å²) in [5.74, 6) is -0.716. The molecule has 1 aliphatic rings. The van der Waals surface area contributed by atoms with Crippen molar-refractivity contribution >= 4 is 11.7 Å².